The highest BCUT2D eigenvalue weighted by atomic mass is 16.5. The number of hydrogen-bond donors (Lipinski definition) is 1. The first kappa shape index (κ1) is 14.0. The molecule has 2 N–H and O–H groups in total. The second kappa shape index (κ2) is 5.72. The number of ether oxygens (including phenoxy) is 1. The highest BCUT2D eigenvalue weighted by Crippen LogP contribution is 2.20. The van der Waals surface area contributed by atoms with E-state index in [9.17, 15) is 4.79 Å². The van der Waals surface area contributed by atoms with Crippen molar-refractivity contribution in [1.29, 1.82) is 0 Å². The van der Waals surface area contributed by atoms with Gasteiger partial charge < -0.3 is 15.4 Å². The third kappa shape index (κ3) is 2.80. The van der Waals surface area contributed by atoms with Crippen molar-refractivity contribution < 1.29 is 9.53 Å². The third-order valence-electron chi connectivity index (χ3n) is 3.72. The molecule has 2 atom stereocenters. The predicted octanol–water partition coefficient (Wildman–Crippen LogP) is 1.49. The lowest BCUT2D eigenvalue weighted by Gasteiger charge is -2.38. The van der Waals surface area contributed by atoms with E-state index in [0.29, 0.717) is 19.7 Å². The van der Waals surface area contributed by atoms with Crippen molar-refractivity contribution in [2.45, 2.75) is 32.9 Å². The molecule has 0 radical (unpaired) electrons. The summed E-state index contributed by atoms with van der Waals surface area (Å²) in [5, 5.41) is 0. The number of amides is 1. The maximum absolute atomic E-state index is 12.7. The van der Waals surface area contributed by atoms with Gasteiger partial charge in [-0.1, -0.05) is 18.2 Å². The summed E-state index contributed by atoms with van der Waals surface area (Å²) in [6, 6.07) is 6.03. The van der Waals surface area contributed by atoms with Gasteiger partial charge in [-0.05, 0) is 31.9 Å². The number of nitrogens with zero attached hydrogens (tertiary/aromatic N) is 1. The molecule has 1 aliphatic heterocycles. The second-order valence-corrected chi connectivity index (χ2v) is 5.26. The summed E-state index contributed by atoms with van der Waals surface area (Å²) in [6.07, 6.45) is -0.0514. The summed E-state index contributed by atoms with van der Waals surface area (Å²) in [6.45, 7) is 7.54. The molecule has 1 saturated heterocycles. The summed E-state index contributed by atoms with van der Waals surface area (Å²) >= 11 is 0. The Labute approximate surface area is 114 Å². The van der Waals surface area contributed by atoms with Crippen molar-refractivity contribution in [2.75, 3.05) is 19.7 Å². The lowest BCUT2D eigenvalue weighted by Crippen LogP contribution is -2.53. The van der Waals surface area contributed by atoms with Gasteiger partial charge in [-0.25, -0.2) is 0 Å². The van der Waals surface area contributed by atoms with E-state index >= 15 is 0 Å². The summed E-state index contributed by atoms with van der Waals surface area (Å²) in [5.74, 6) is 0.0878. The molecule has 2 rings (SSSR count). The van der Waals surface area contributed by atoms with Crippen LogP contribution in [0.1, 0.15) is 28.4 Å². The number of rotatable bonds is 2. The number of nitrogens with two attached hydrogens (primary N) is 1. The molecule has 4 nitrogen and oxygen atoms in total. The van der Waals surface area contributed by atoms with Crippen LogP contribution in [0.2, 0.25) is 0 Å². The molecule has 104 valence electrons. The molecule has 1 amide bonds. The van der Waals surface area contributed by atoms with E-state index in [2.05, 4.69) is 0 Å². The Morgan fingerprint density at radius 2 is 2.05 bits per heavy atom. The summed E-state index contributed by atoms with van der Waals surface area (Å²) < 4.78 is 5.60. The Morgan fingerprint density at radius 3 is 2.63 bits per heavy atom. The minimum Gasteiger partial charge on any atom is -0.373 e. The van der Waals surface area contributed by atoms with Crippen molar-refractivity contribution in [1.82, 2.24) is 4.90 Å². The molecule has 0 spiro atoms. The number of carbonyl (C=O) groups is 1. The maximum atomic E-state index is 12.7. The molecular formula is C15H22N2O2. The van der Waals surface area contributed by atoms with Gasteiger partial charge in [0.15, 0.2) is 0 Å². The van der Waals surface area contributed by atoms with Crippen molar-refractivity contribution >= 4 is 5.91 Å². The van der Waals surface area contributed by atoms with Crippen LogP contribution in [-0.2, 0) is 4.74 Å². The predicted molar refractivity (Wildman–Crippen MR) is 75.2 cm³/mol. The van der Waals surface area contributed by atoms with Crippen LogP contribution < -0.4 is 5.73 Å². The van der Waals surface area contributed by atoms with Gasteiger partial charge in [-0.15, -0.1) is 0 Å². The molecule has 0 aromatic heterocycles. The number of morpholine rings is 1. The van der Waals surface area contributed by atoms with Gasteiger partial charge >= 0.3 is 0 Å². The van der Waals surface area contributed by atoms with Gasteiger partial charge in [0.05, 0.1) is 18.8 Å². The zero-order chi connectivity index (χ0) is 14.0. The number of benzene rings is 1. The first-order chi connectivity index (χ1) is 9.04. The van der Waals surface area contributed by atoms with Crippen LogP contribution in [-0.4, -0.2) is 42.6 Å². The first-order valence-corrected chi connectivity index (χ1v) is 6.73. The van der Waals surface area contributed by atoms with Crippen LogP contribution in [0.25, 0.3) is 0 Å². The van der Waals surface area contributed by atoms with E-state index in [4.69, 9.17) is 10.5 Å². The topological polar surface area (TPSA) is 55.6 Å². The molecule has 1 aliphatic rings. The molecule has 0 bridgehead atoms. The standard InChI is InChI=1S/C15H22N2O2/c1-10-5-4-6-11(2)14(10)15(18)17-8-13(7-16)19-9-12(17)3/h4-6,12-13H,7-9,16H2,1-3H3. The fourth-order valence-corrected chi connectivity index (χ4v) is 2.54. The molecule has 1 aromatic carbocycles. The van der Waals surface area contributed by atoms with Gasteiger partial charge in [0, 0.05) is 18.7 Å². The smallest absolute Gasteiger partial charge is 0.254 e. The Morgan fingerprint density at radius 1 is 1.42 bits per heavy atom. The van der Waals surface area contributed by atoms with E-state index in [1.54, 1.807) is 0 Å². The van der Waals surface area contributed by atoms with Crippen molar-refractivity contribution in [3.63, 3.8) is 0 Å². The van der Waals surface area contributed by atoms with Crippen LogP contribution in [0.5, 0.6) is 0 Å². The number of carbonyl (C=O) groups excluding carboxylic acids is 1. The van der Waals surface area contributed by atoms with Gasteiger partial charge in [0.1, 0.15) is 0 Å². The van der Waals surface area contributed by atoms with Crippen LogP contribution in [0.3, 0.4) is 0 Å². The zero-order valence-electron chi connectivity index (χ0n) is 11.8. The largest absolute Gasteiger partial charge is 0.373 e. The van der Waals surface area contributed by atoms with Crippen molar-refractivity contribution in [3.8, 4) is 0 Å². The van der Waals surface area contributed by atoms with Crippen molar-refractivity contribution in [2.24, 2.45) is 5.73 Å². The zero-order valence-corrected chi connectivity index (χ0v) is 11.8. The normalized spacial score (nSPS) is 23.5. The quantitative estimate of drug-likeness (QED) is 0.878. The van der Waals surface area contributed by atoms with E-state index < -0.39 is 0 Å². The summed E-state index contributed by atoms with van der Waals surface area (Å²) in [5.41, 5.74) is 8.50. The second-order valence-electron chi connectivity index (χ2n) is 5.26. The fourth-order valence-electron chi connectivity index (χ4n) is 2.54. The molecule has 1 fully saturated rings. The Hall–Kier alpha value is -1.39. The van der Waals surface area contributed by atoms with Gasteiger partial charge in [-0.3, -0.25) is 4.79 Å². The van der Waals surface area contributed by atoms with Gasteiger partial charge in [0.25, 0.3) is 5.91 Å². The van der Waals surface area contributed by atoms with Crippen LogP contribution >= 0.6 is 0 Å². The molecular weight excluding hydrogens is 240 g/mol. The van der Waals surface area contributed by atoms with Crippen LogP contribution in [0.4, 0.5) is 0 Å². The Bertz CT molecular complexity index is 453. The summed E-state index contributed by atoms with van der Waals surface area (Å²) in [4.78, 5) is 14.6. The molecule has 0 saturated carbocycles. The molecule has 2 unspecified atom stereocenters. The first-order valence-electron chi connectivity index (χ1n) is 6.73. The van der Waals surface area contributed by atoms with Crippen LogP contribution in [0.15, 0.2) is 18.2 Å². The van der Waals surface area contributed by atoms with E-state index in [-0.39, 0.29) is 18.1 Å². The fraction of sp³-hybridized carbons (Fsp3) is 0.533. The molecule has 1 heterocycles. The Balaban J connectivity index is 2.27. The average Bonchev–Trinajstić information content (AvgIpc) is 2.39. The highest BCUT2D eigenvalue weighted by Gasteiger charge is 2.30. The monoisotopic (exact) mass is 262 g/mol. The highest BCUT2D eigenvalue weighted by molar-refractivity contribution is 5.97. The lowest BCUT2D eigenvalue weighted by molar-refractivity contribution is -0.0426. The molecule has 1 aromatic rings. The van der Waals surface area contributed by atoms with Gasteiger partial charge in [0.2, 0.25) is 0 Å². The van der Waals surface area contributed by atoms with E-state index in [0.717, 1.165) is 16.7 Å². The molecule has 0 aliphatic carbocycles. The number of hydrogen-bond acceptors (Lipinski definition) is 3. The molecule has 4 heteroatoms. The summed E-state index contributed by atoms with van der Waals surface area (Å²) in [7, 11) is 0. The van der Waals surface area contributed by atoms with Crippen molar-refractivity contribution in [3.05, 3.63) is 34.9 Å². The van der Waals surface area contributed by atoms with E-state index in [1.165, 1.54) is 0 Å². The minimum atomic E-state index is -0.0514. The third-order valence-corrected chi connectivity index (χ3v) is 3.72. The number of aryl methyl sites for hydroxylation is 2. The minimum absolute atomic E-state index is 0.0514. The lowest BCUT2D eigenvalue weighted by atomic mass is 10.0. The Kier molecular flexibility index (Phi) is 4.22. The van der Waals surface area contributed by atoms with Crippen LogP contribution in [0, 0.1) is 13.8 Å². The van der Waals surface area contributed by atoms with Gasteiger partial charge in [-0.2, -0.15) is 0 Å². The van der Waals surface area contributed by atoms with E-state index in [1.807, 2.05) is 43.9 Å². The average molecular weight is 262 g/mol. The SMILES string of the molecule is Cc1cccc(C)c1C(=O)N1CC(CN)OCC1C. The molecule has 19 heavy (non-hydrogen) atoms. The maximum Gasteiger partial charge on any atom is 0.254 e.